The first kappa shape index (κ1) is 20.2. The number of hydrogen-bond acceptors (Lipinski definition) is 4. The molecule has 0 spiro atoms. The minimum Gasteiger partial charge on any atom is -0.378 e. The van der Waals surface area contributed by atoms with E-state index in [0.29, 0.717) is 32.5 Å². The van der Waals surface area contributed by atoms with Gasteiger partial charge in [-0.1, -0.05) is 13.8 Å². The topological polar surface area (TPSA) is 98.7 Å². The van der Waals surface area contributed by atoms with Gasteiger partial charge in [-0.3, -0.25) is 9.59 Å². The van der Waals surface area contributed by atoms with Crippen molar-refractivity contribution in [2.24, 2.45) is 22.8 Å². The number of likely N-dealkylation sites (tertiary alicyclic amines) is 1. The zero-order valence-corrected chi connectivity index (χ0v) is 15.2. The summed E-state index contributed by atoms with van der Waals surface area (Å²) >= 11 is 0. The summed E-state index contributed by atoms with van der Waals surface area (Å²) in [5.74, 6) is -0.158. The molecule has 4 N–H and O–H groups in total. The second-order valence-electron chi connectivity index (χ2n) is 7.27. The molecule has 3 unspecified atom stereocenters. The first-order chi connectivity index (χ1) is 10.2. The number of piperidine rings is 1. The molecule has 1 heterocycles. The molecule has 134 valence electrons. The van der Waals surface area contributed by atoms with Gasteiger partial charge in [-0.25, -0.2) is 0 Å². The Morgan fingerprint density at radius 2 is 2.00 bits per heavy atom. The highest BCUT2D eigenvalue weighted by Crippen LogP contribution is 2.50. The van der Waals surface area contributed by atoms with Gasteiger partial charge >= 0.3 is 0 Å². The fourth-order valence-electron chi connectivity index (χ4n) is 3.78. The first-order valence-electron chi connectivity index (χ1n) is 8.20. The Kier molecular flexibility index (Phi) is 6.47. The average molecular weight is 348 g/mol. The first-order valence-corrected chi connectivity index (χ1v) is 8.20. The smallest absolute Gasteiger partial charge is 0.243 e. The SMILES string of the molecule is CCOC1CC(N)(C(=O)N2CCCC(CC(N)=O)C2)C1(C)C.Cl. The Morgan fingerprint density at radius 1 is 1.35 bits per heavy atom. The van der Waals surface area contributed by atoms with Crippen LogP contribution in [0.4, 0.5) is 0 Å². The predicted octanol–water partition coefficient (Wildman–Crippen LogP) is 1.05. The van der Waals surface area contributed by atoms with E-state index in [-0.39, 0.29) is 41.7 Å². The Hall–Kier alpha value is -0.850. The quantitative estimate of drug-likeness (QED) is 0.776. The maximum atomic E-state index is 12.9. The predicted molar refractivity (Wildman–Crippen MR) is 91.1 cm³/mol. The van der Waals surface area contributed by atoms with E-state index < -0.39 is 5.54 Å². The van der Waals surface area contributed by atoms with Gasteiger partial charge in [-0.15, -0.1) is 12.4 Å². The van der Waals surface area contributed by atoms with Crippen LogP contribution in [0.15, 0.2) is 0 Å². The summed E-state index contributed by atoms with van der Waals surface area (Å²) in [6, 6.07) is 0. The van der Waals surface area contributed by atoms with Crippen LogP contribution in [0.5, 0.6) is 0 Å². The van der Waals surface area contributed by atoms with Crippen molar-refractivity contribution in [3.8, 4) is 0 Å². The van der Waals surface area contributed by atoms with Gasteiger partial charge in [0.15, 0.2) is 0 Å². The van der Waals surface area contributed by atoms with Gasteiger partial charge in [0.25, 0.3) is 0 Å². The molecule has 1 saturated carbocycles. The molecule has 2 amide bonds. The third-order valence-corrected chi connectivity index (χ3v) is 5.51. The summed E-state index contributed by atoms with van der Waals surface area (Å²) in [5, 5.41) is 0. The minimum absolute atomic E-state index is 0. The zero-order valence-electron chi connectivity index (χ0n) is 14.3. The normalized spacial score (nSPS) is 32.6. The summed E-state index contributed by atoms with van der Waals surface area (Å²) in [4.78, 5) is 25.9. The summed E-state index contributed by atoms with van der Waals surface area (Å²) in [6.45, 7) is 7.87. The Bertz CT molecular complexity index is 458. The second kappa shape index (κ2) is 7.36. The van der Waals surface area contributed by atoms with Gasteiger partial charge < -0.3 is 21.1 Å². The van der Waals surface area contributed by atoms with Crippen molar-refractivity contribution in [1.29, 1.82) is 0 Å². The molecule has 0 aromatic carbocycles. The van der Waals surface area contributed by atoms with Crippen LogP contribution < -0.4 is 11.5 Å². The second-order valence-corrected chi connectivity index (χ2v) is 7.27. The zero-order chi connectivity index (χ0) is 16.5. The summed E-state index contributed by atoms with van der Waals surface area (Å²) in [7, 11) is 0. The Morgan fingerprint density at radius 3 is 2.52 bits per heavy atom. The lowest BCUT2D eigenvalue weighted by Crippen LogP contribution is -2.76. The summed E-state index contributed by atoms with van der Waals surface area (Å²) < 4.78 is 5.69. The molecule has 0 radical (unpaired) electrons. The highest BCUT2D eigenvalue weighted by atomic mass is 35.5. The largest absolute Gasteiger partial charge is 0.378 e. The van der Waals surface area contributed by atoms with Crippen molar-refractivity contribution in [3.63, 3.8) is 0 Å². The molecule has 0 aromatic heterocycles. The summed E-state index contributed by atoms with van der Waals surface area (Å²) in [5.41, 5.74) is 10.5. The van der Waals surface area contributed by atoms with E-state index in [0.717, 1.165) is 12.8 Å². The van der Waals surface area contributed by atoms with Gasteiger partial charge in [-0.05, 0) is 25.7 Å². The van der Waals surface area contributed by atoms with E-state index in [1.54, 1.807) is 0 Å². The number of amides is 2. The van der Waals surface area contributed by atoms with Crippen LogP contribution in [-0.2, 0) is 14.3 Å². The summed E-state index contributed by atoms with van der Waals surface area (Å²) in [6.07, 6.45) is 2.76. The average Bonchev–Trinajstić information content (AvgIpc) is 2.45. The van der Waals surface area contributed by atoms with E-state index in [2.05, 4.69) is 0 Å². The number of hydrogen-bond donors (Lipinski definition) is 2. The molecule has 1 saturated heterocycles. The molecule has 23 heavy (non-hydrogen) atoms. The minimum atomic E-state index is -0.874. The monoisotopic (exact) mass is 347 g/mol. The number of primary amides is 1. The number of nitrogens with zero attached hydrogens (tertiary/aromatic N) is 1. The van der Waals surface area contributed by atoms with Crippen LogP contribution in [0, 0.1) is 11.3 Å². The number of halogens is 1. The van der Waals surface area contributed by atoms with Crippen molar-refractivity contribution >= 4 is 24.2 Å². The molecule has 0 aromatic rings. The molecule has 2 aliphatic rings. The van der Waals surface area contributed by atoms with E-state index >= 15 is 0 Å². The molecule has 7 heteroatoms. The number of nitrogens with two attached hydrogens (primary N) is 2. The van der Waals surface area contributed by atoms with Gasteiger partial charge in [0.1, 0.15) is 5.54 Å². The van der Waals surface area contributed by atoms with Gasteiger partial charge in [0.2, 0.25) is 11.8 Å². The molecule has 1 aliphatic carbocycles. The maximum absolute atomic E-state index is 12.9. The van der Waals surface area contributed by atoms with Crippen LogP contribution in [-0.4, -0.2) is 48.1 Å². The van der Waals surface area contributed by atoms with Crippen molar-refractivity contribution in [2.75, 3.05) is 19.7 Å². The van der Waals surface area contributed by atoms with Crippen molar-refractivity contribution < 1.29 is 14.3 Å². The molecular weight excluding hydrogens is 318 g/mol. The Balaban J connectivity index is 0.00000264. The number of ether oxygens (including phenoxy) is 1. The van der Waals surface area contributed by atoms with Gasteiger partial charge in [0, 0.05) is 38.0 Å². The molecule has 6 nitrogen and oxygen atoms in total. The van der Waals surface area contributed by atoms with E-state index in [9.17, 15) is 9.59 Å². The maximum Gasteiger partial charge on any atom is 0.243 e. The third kappa shape index (κ3) is 3.64. The van der Waals surface area contributed by atoms with Crippen LogP contribution in [0.25, 0.3) is 0 Å². The van der Waals surface area contributed by atoms with E-state index in [1.807, 2.05) is 25.7 Å². The number of carbonyl (C=O) groups excluding carboxylic acids is 2. The lowest BCUT2D eigenvalue weighted by atomic mass is 9.54. The molecular formula is C16H30ClN3O3. The highest BCUT2D eigenvalue weighted by Gasteiger charge is 2.63. The molecule has 3 atom stereocenters. The van der Waals surface area contributed by atoms with Crippen molar-refractivity contribution in [2.45, 2.75) is 58.1 Å². The lowest BCUT2D eigenvalue weighted by Gasteiger charge is -2.59. The lowest BCUT2D eigenvalue weighted by molar-refractivity contribution is -0.180. The fourth-order valence-corrected chi connectivity index (χ4v) is 3.78. The van der Waals surface area contributed by atoms with Crippen LogP contribution in [0.2, 0.25) is 0 Å². The van der Waals surface area contributed by atoms with Crippen LogP contribution >= 0.6 is 12.4 Å². The molecule has 2 rings (SSSR count). The number of rotatable bonds is 5. The van der Waals surface area contributed by atoms with Gasteiger partial charge in [-0.2, -0.15) is 0 Å². The Labute approximate surface area is 144 Å². The highest BCUT2D eigenvalue weighted by molar-refractivity contribution is 5.89. The van der Waals surface area contributed by atoms with Crippen molar-refractivity contribution in [3.05, 3.63) is 0 Å². The van der Waals surface area contributed by atoms with Crippen LogP contribution in [0.3, 0.4) is 0 Å². The third-order valence-electron chi connectivity index (χ3n) is 5.51. The van der Waals surface area contributed by atoms with Crippen LogP contribution in [0.1, 0.15) is 46.5 Å². The fraction of sp³-hybridized carbons (Fsp3) is 0.875. The molecule has 1 aliphatic heterocycles. The van der Waals surface area contributed by atoms with Crippen molar-refractivity contribution in [1.82, 2.24) is 4.90 Å². The standard InChI is InChI=1S/C16H29N3O3.ClH/c1-4-22-12-9-16(18,15(12,2)3)14(21)19-7-5-6-11(10-19)8-13(17)20;/h11-12H,4-10,18H2,1-3H3,(H2,17,20);1H. The van der Waals surface area contributed by atoms with E-state index in [1.165, 1.54) is 0 Å². The molecule has 2 fully saturated rings. The number of carbonyl (C=O) groups is 2. The van der Waals surface area contributed by atoms with E-state index in [4.69, 9.17) is 16.2 Å². The molecule has 0 bridgehead atoms. The van der Waals surface area contributed by atoms with Gasteiger partial charge in [0.05, 0.1) is 6.10 Å².